The van der Waals surface area contributed by atoms with Crippen molar-refractivity contribution in [1.29, 1.82) is 0 Å². The highest BCUT2D eigenvalue weighted by molar-refractivity contribution is 6.29. The van der Waals surface area contributed by atoms with Gasteiger partial charge in [0.15, 0.2) is 0 Å². The standard InChI is InChI=1S/C13H23Cl/c1-9-11(3,4)13(7,8)12(5,6)10(2)14/h9H,1-2H2,3-8H3. The number of hydrogen-bond acceptors (Lipinski definition) is 0. The molecule has 14 heavy (non-hydrogen) atoms. The van der Waals surface area contributed by atoms with Crippen molar-refractivity contribution in [3.05, 3.63) is 24.3 Å². The van der Waals surface area contributed by atoms with Crippen LogP contribution in [0.3, 0.4) is 0 Å². The van der Waals surface area contributed by atoms with Gasteiger partial charge in [-0.25, -0.2) is 0 Å². The lowest BCUT2D eigenvalue weighted by Gasteiger charge is -2.50. The van der Waals surface area contributed by atoms with Crippen molar-refractivity contribution >= 4 is 11.6 Å². The number of hydrogen-bond donors (Lipinski definition) is 0. The summed E-state index contributed by atoms with van der Waals surface area (Å²) >= 11 is 6.09. The van der Waals surface area contributed by atoms with Crippen LogP contribution in [0.1, 0.15) is 41.5 Å². The molecule has 0 aliphatic rings. The first-order chi connectivity index (χ1) is 6.00. The Hall–Kier alpha value is -0.230. The molecule has 0 aliphatic heterocycles. The van der Waals surface area contributed by atoms with Crippen LogP contribution in [0, 0.1) is 16.2 Å². The van der Waals surface area contributed by atoms with Gasteiger partial charge in [0.05, 0.1) is 0 Å². The van der Waals surface area contributed by atoms with E-state index >= 15 is 0 Å². The Labute approximate surface area is 94.0 Å². The monoisotopic (exact) mass is 214 g/mol. The van der Waals surface area contributed by atoms with Gasteiger partial charge >= 0.3 is 0 Å². The molecule has 0 fully saturated rings. The lowest BCUT2D eigenvalue weighted by atomic mass is 9.55. The second kappa shape index (κ2) is 3.73. The Bertz CT molecular complexity index is 244. The van der Waals surface area contributed by atoms with Crippen LogP contribution in [0.15, 0.2) is 24.3 Å². The fourth-order valence-corrected chi connectivity index (χ4v) is 1.64. The molecule has 0 aromatic heterocycles. The van der Waals surface area contributed by atoms with E-state index < -0.39 is 0 Å². The lowest BCUT2D eigenvalue weighted by Crippen LogP contribution is -2.43. The summed E-state index contributed by atoms with van der Waals surface area (Å²) in [6, 6.07) is 0. The molecule has 0 spiro atoms. The average Bonchev–Trinajstić information content (AvgIpc) is 2.03. The van der Waals surface area contributed by atoms with Crippen molar-refractivity contribution in [3.63, 3.8) is 0 Å². The second-order valence-corrected chi connectivity index (χ2v) is 6.04. The van der Waals surface area contributed by atoms with Crippen LogP contribution >= 0.6 is 11.6 Å². The van der Waals surface area contributed by atoms with Gasteiger partial charge < -0.3 is 0 Å². The Morgan fingerprint density at radius 3 is 1.64 bits per heavy atom. The quantitative estimate of drug-likeness (QED) is 0.578. The zero-order valence-corrected chi connectivity index (χ0v) is 11.1. The van der Waals surface area contributed by atoms with Crippen LogP contribution in [-0.4, -0.2) is 0 Å². The van der Waals surface area contributed by atoms with Gasteiger partial charge in [-0.1, -0.05) is 65.8 Å². The Morgan fingerprint density at radius 1 is 1.07 bits per heavy atom. The van der Waals surface area contributed by atoms with E-state index in [2.05, 4.69) is 54.7 Å². The van der Waals surface area contributed by atoms with Crippen molar-refractivity contribution in [3.8, 4) is 0 Å². The van der Waals surface area contributed by atoms with E-state index in [1.807, 2.05) is 6.08 Å². The summed E-state index contributed by atoms with van der Waals surface area (Å²) in [6.45, 7) is 20.8. The maximum absolute atomic E-state index is 6.09. The summed E-state index contributed by atoms with van der Waals surface area (Å²) in [6.07, 6.45) is 1.99. The summed E-state index contributed by atoms with van der Waals surface area (Å²) in [5.41, 5.74) is -0.0822. The smallest absolute Gasteiger partial charge is 0.0171 e. The first-order valence-electron chi connectivity index (χ1n) is 4.99. The highest BCUT2D eigenvalue weighted by Gasteiger charge is 2.47. The molecule has 0 radical (unpaired) electrons. The second-order valence-electron chi connectivity index (χ2n) is 5.58. The van der Waals surface area contributed by atoms with Gasteiger partial charge in [0, 0.05) is 10.4 Å². The van der Waals surface area contributed by atoms with Gasteiger partial charge in [0.25, 0.3) is 0 Å². The van der Waals surface area contributed by atoms with Gasteiger partial charge in [0.2, 0.25) is 0 Å². The van der Waals surface area contributed by atoms with E-state index in [1.54, 1.807) is 0 Å². The predicted molar refractivity (Wildman–Crippen MR) is 66.5 cm³/mol. The minimum absolute atomic E-state index is 0.0145. The summed E-state index contributed by atoms with van der Waals surface area (Å²) in [4.78, 5) is 0. The van der Waals surface area contributed by atoms with Crippen LogP contribution in [0.25, 0.3) is 0 Å². The molecule has 0 bridgehead atoms. The molecule has 0 aromatic rings. The molecule has 0 rings (SSSR count). The van der Waals surface area contributed by atoms with E-state index in [-0.39, 0.29) is 16.2 Å². The fraction of sp³-hybridized carbons (Fsp3) is 0.692. The van der Waals surface area contributed by atoms with Crippen molar-refractivity contribution in [1.82, 2.24) is 0 Å². The third-order valence-corrected chi connectivity index (χ3v) is 4.83. The number of rotatable bonds is 4. The van der Waals surface area contributed by atoms with Crippen LogP contribution in [0.2, 0.25) is 0 Å². The molecule has 0 unspecified atom stereocenters. The topological polar surface area (TPSA) is 0 Å². The largest absolute Gasteiger partial charge is 0.103 e. The minimum Gasteiger partial charge on any atom is -0.103 e. The molecule has 0 saturated heterocycles. The highest BCUT2D eigenvalue weighted by Crippen LogP contribution is 2.55. The first-order valence-corrected chi connectivity index (χ1v) is 5.37. The summed E-state index contributed by atoms with van der Waals surface area (Å²) in [5, 5.41) is 0.706. The molecule has 0 amide bonds. The van der Waals surface area contributed by atoms with E-state index in [0.717, 1.165) is 0 Å². The molecule has 0 heterocycles. The molecule has 1 heteroatoms. The zero-order valence-electron chi connectivity index (χ0n) is 10.4. The molecule has 0 aromatic carbocycles. The van der Waals surface area contributed by atoms with Crippen molar-refractivity contribution < 1.29 is 0 Å². The minimum atomic E-state index is -0.119. The average molecular weight is 215 g/mol. The van der Waals surface area contributed by atoms with Gasteiger partial charge in [-0.15, -0.1) is 6.58 Å². The van der Waals surface area contributed by atoms with Crippen molar-refractivity contribution in [2.75, 3.05) is 0 Å². The van der Waals surface area contributed by atoms with Crippen LogP contribution in [0.4, 0.5) is 0 Å². The summed E-state index contributed by atoms with van der Waals surface area (Å²) in [5.74, 6) is 0. The number of allylic oxidation sites excluding steroid dienone is 2. The van der Waals surface area contributed by atoms with E-state index in [9.17, 15) is 0 Å². The van der Waals surface area contributed by atoms with Crippen LogP contribution in [-0.2, 0) is 0 Å². The van der Waals surface area contributed by atoms with E-state index in [4.69, 9.17) is 11.6 Å². The Morgan fingerprint density at radius 2 is 1.43 bits per heavy atom. The van der Waals surface area contributed by atoms with Gasteiger partial charge in [0.1, 0.15) is 0 Å². The highest BCUT2D eigenvalue weighted by atomic mass is 35.5. The van der Waals surface area contributed by atoms with Gasteiger partial charge in [-0.2, -0.15) is 0 Å². The molecule has 0 aliphatic carbocycles. The van der Waals surface area contributed by atoms with Gasteiger partial charge in [-0.3, -0.25) is 0 Å². The molecule has 0 nitrogen and oxygen atoms in total. The lowest BCUT2D eigenvalue weighted by molar-refractivity contribution is 0.0444. The van der Waals surface area contributed by atoms with Gasteiger partial charge in [-0.05, 0) is 10.8 Å². The third kappa shape index (κ3) is 1.91. The van der Waals surface area contributed by atoms with Crippen LogP contribution in [0.5, 0.6) is 0 Å². The molecular weight excluding hydrogens is 192 g/mol. The normalized spacial score (nSPS) is 13.9. The molecule has 0 atom stereocenters. The SMILES string of the molecule is C=CC(C)(C)C(C)(C)C(C)(C)C(=C)Cl. The van der Waals surface area contributed by atoms with Crippen LogP contribution < -0.4 is 0 Å². The van der Waals surface area contributed by atoms with Crippen molar-refractivity contribution in [2.24, 2.45) is 16.2 Å². The van der Waals surface area contributed by atoms with Crippen molar-refractivity contribution in [2.45, 2.75) is 41.5 Å². The summed E-state index contributed by atoms with van der Waals surface area (Å²) < 4.78 is 0. The fourth-order valence-electron chi connectivity index (χ4n) is 1.40. The Kier molecular flexibility index (Phi) is 3.67. The summed E-state index contributed by atoms with van der Waals surface area (Å²) in [7, 11) is 0. The third-order valence-electron chi connectivity index (χ3n) is 4.36. The predicted octanol–water partition coefficient (Wildman–Crippen LogP) is 5.00. The Balaban J connectivity index is 5.35. The maximum atomic E-state index is 6.09. The number of halogens is 1. The van der Waals surface area contributed by atoms with E-state index in [0.29, 0.717) is 5.03 Å². The first kappa shape index (κ1) is 13.8. The maximum Gasteiger partial charge on any atom is 0.0171 e. The molecule has 82 valence electrons. The molecule has 0 N–H and O–H groups in total. The molecular formula is C13H23Cl. The van der Waals surface area contributed by atoms with E-state index in [1.165, 1.54) is 0 Å². The zero-order chi connectivity index (χ0) is 11.8. The molecule has 0 saturated carbocycles.